The molecule has 54 heavy (non-hydrogen) atoms. The van der Waals surface area contributed by atoms with E-state index >= 15 is 0 Å². The lowest BCUT2D eigenvalue weighted by Crippen LogP contribution is -2.58. The van der Waals surface area contributed by atoms with Gasteiger partial charge in [-0.2, -0.15) is 0 Å². The number of phenolic OH excluding ortho intramolecular Hbond substituents is 2. The molecular formula is C37H60N10O7. The quantitative estimate of drug-likeness (QED) is 0.0817. The minimum Gasteiger partial charge on any atom is -0.508 e. The van der Waals surface area contributed by atoms with Gasteiger partial charge in [0.25, 0.3) is 0 Å². The molecule has 0 saturated carbocycles. The Morgan fingerprint density at radius 3 is 2.04 bits per heavy atom. The third-order valence-corrected chi connectivity index (χ3v) is 8.95. The fourth-order valence-corrected chi connectivity index (χ4v) is 5.94. The van der Waals surface area contributed by atoms with E-state index in [0.717, 1.165) is 0 Å². The molecule has 0 aliphatic carbocycles. The maximum absolute atomic E-state index is 14.0. The van der Waals surface area contributed by atoms with E-state index in [2.05, 4.69) is 26.6 Å². The number of carbonyl (C=O) groups is 5. The third-order valence-electron chi connectivity index (χ3n) is 8.95. The molecule has 17 heteroatoms. The van der Waals surface area contributed by atoms with Gasteiger partial charge < -0.3 is 65.5 Å². The van der Waals surface area contributed by atoms with Crippen LogP contribution >= 0.6 is 0 Å². The highest BCUT2D eigenvalue weighted by Crippen LogP contribution is 2.31. The van der Waals surface area contributed by atoms with Gasteiger partial charge in [-0.05, 0) is 98.1 Å². The van der Waals surface area contributed by atoms with Crippen LogP contribution in [0.4, 0.5) is 0 Å². The summed E-state index contributed by atoms with van der Waals surface area (Å²) in [5.74, 6) is -2.91. The van der Waals surface area contributed by atoms with Gasteiger partial charge in [-0.25, -0.2) is 0 Å². The van der Waals surface area contributed by atoms with Gasteiger partial charge >= 0.3 is 0 Å². The lowest BCUT2D eigenvalue weighted by molar-refractivity contribution is -0.134. The fourth-order valence-electron chi connectivity index (χ4n) is 5.94. The van der Waals surface area contributed by atoms with Crippen molar-refractivity contribution in [3.05, 3.63) is 47.5 Å². The Balaban J connectivity index is 0.0000101. The van der Waals surface area contributed by atoms with Crippen LogP contribution in [0.5, 0.6) is 11.5 Å². The Kier molecular flexibility index (Phi) is 19.4. The summed E-state index contributed by atoms with van der Waals surface area (Å²) in [5.41, 5.74) is 31.2. The summed E-state index contributed by atoms with van der Waals surface area (Å²) >= 11 is 0. The molecule has 17 nitrogen and oxygen atoms in total. The summed E-state index contributed by atoms with van der Waals surface area (Å²) in [6.45, 7) is 1.39. The average Bonchev–Trinajstić information content (AvgIpc) is 3.13. The van der Waals surface area contributed by atoms with Crippen molar-refractivity contribution in [3.63, 3.8) is 0 Å². The van der Waals surface area contributed by atoms with E-state index in [1.165, 1.54) is 12.1 Å². The first-order valence-corrected chi connectivity index (χ1v) is 18.1. The second kappa shape index (κ2) is 23.1. The number of fused-ring (bicyclic) bond motifs is 5. The van der Waals surface area contributed by atoms with Crippen molar-refractivity contribution in [1.29, 1.82) is 0 Å². The second-order valence-corrected chi connectivity index (χ2v) is 13.3. The summed E-state index contributed by atoms with van der Waals surface area (Å²) in [5, 5.41) is 35.0. The Bertz CT molecular complexity index is 1560. The molecule has 0 unspecified atom stereocenters. The zero-order valence-corrected chi connectivity index (χ0v) is 30.1. The maximum atomic E-state index is 14.0. The van der Waals surface area contributed by atoms with Crippen LogP contribution in [0.2, 0.25) is 0 Å². The molecule has 4 bridgehead atoms. The van der Waals surface area contributed by atoms with Crippen LogP contribution in [-0.2, 0) is 36.8 Å². The first kappa shape index (κ1) is 45.3. The van der Waals surface area contributed by atoms with E-state index in [1.807, 2.05) is 0 Å². The molecule has 17 N–H and O–H groups in total. The normalized spacial score (nSPS) is 18.4. The van der Waals surface area contributed by atoms with Crippen molar-refractivity contribution in [2.45, 2.75) is 95.4 Å². The Hall–Kier alpha value is -4.81. The zero-order chi connectivity index (χ0) is 38.9. The van der Waals surface area contributed by atoms with Gasteiger partial charge in [-0.3, -0.25) is 24.0 Å². The van der Waals surface area contributed by atoms with Crippen LogP contribution in [0.25, 0.3) is 11.1 Å². The number of rotatable bonds is 17. The number of amides is 5. The van der Waals surface area contributed by atoms with E-state index in [-0.39, 0.29) is 76.6 Å². The number of nitrogens with two attached hydrogens (primary N) is 5. The largest absolute Gasteiger partial charge is 0.508 e. The minimum atomic E-state index is -1.30. The molecule has 2 aromatic carbocycles. The molecule has 300 valence electrons. The topological polar surface area (TPSA) is 316 Å². The standard InChI is InChI=1S/C36H56N10O7.CH4/c37-11-1-5-27(34(51)43-14-3-4-25(40)20-32(49)42-15-13-39)45-36(53)29-19-24-17-22(8-10-31(24)48)21-7-9-30(47)23(16-21)18-26(41)33(50)44-28(6-2-12-38)35(52)46-29;/h7-10,16-17,25-29,47-48H,1-6,11-15,18-20,37-41H2,(H,42,49)(H,43,51)(H,44,50)(H,45,53)(H,46,52);1H4/t25-,26-,27-,28-,29-;/m0./s1. The maximum Gasteiger partial charge on any atom is 0.243 e. The van der Waals surface area contributed by atoms with Gasteiger partial charge in [-0.1, -0.05) is 19.6 Å². The number of nitrogens with one attached hydrogen (secondary N) is 5. The molecule has 5 atom stereocenters. The molecular weight excluding hydrogens is 696 g/mol. The van der Waals surface area contributed by atoms with E-state index in [1.54, 1.807) is 24.3 Å². The van der Waals surface area contributed by atoms with E-state index in [4.69, 9.17) is 28.7 Å². The smallest absolute Gasteiger partial charge is 0.243 e. The lowest BCUT2D eigenvalue weighted by Gasteiger charge is -2.26. The number of hydrogen-bond acceptors (Lipinski definition) is 12. The van der Waals surface area contributed by atoms with Crippen molar-refractivity contribution in [2.24, 2.45) is 28.7 Å². The molecule has 1 aliphatic heterocycles. The second-order valence-electron chi connectivity index (χ2n) is 13.3. The van der Waals surface area contributed by atoms with Gasteiger partial charge in [0.2, 0.25) is 29.5 Å². The first-order chi connectivity index (χ1) is 25.4. The van der Waals surface area contributed by atoms with E-state index in [0.29, 0.717) is 61.0 Å². The van der Waals surface area contributed by atoms with Crippen LogP contribution in [-0.4, -0.2) is 103 Å². The summed E-state index contributed by atoms with van der Waals surface area (Å²) in [7, 11) is 0. The van der Waals surface area contributed by atoms with Crippen LogP contribution in [0.3, 0.4) is 0 Å². The molecule has 0 spiro atoms. The highest BCUT2D eigenvalue weighted by molar-refractivity contribution is 5.95. The molecule has 0 radical (unpaired) electrons. The van der Waals surface area contributed by atoms with Gasteiger partial charge in [0.05, 0.1) is 6.04 Å². The van der Waals surface area contributed by atoms with Crippen molar-refractivity contribution in [1.82, 2.24) is 26.6 Å². The Morgan fingerprint density at radius 2 is 1.43 bits per heavy atom. The van der Waals surface area contributed by atoms with Gasteiger partial charge in [0, 0.05) is 44.9 Å². The number of phenols is 2. The minimum absolute atomic E-state index is 0. The SMILES string of the molecule is C.NCCC[C@H](NC(=O)[C@@H]1Cc2cc(ccc2O)-c2ccc(O)c(c2)C[C@H](N)C(=O)N[C@@H](CCCN)C(=O)N1)C(=O)NCCC[C@H](N)CC(=O)NCCN. The summed E-state index contributed by atoms with van der Waals surface area (Å²) in [4.78, 5) is 66.2. The molecule has 1 heterocycles. The Labute approximate surface area is 316 Å². The number of aromatic hydroxyl groups is 2. The molecule has 2 aromatic rings. The van der Waals surface area contributed by atoms with E-state index in [9.17, 15) is 34.2 Å². The predicted molar refractivity (Wildman–Crippen MR) is 207 cm³/mol. The highest BCUT2D eigenvalue weighted by Gasteiger charge is 2.31. The predicted octanol–water partition coefficient (Wildman–Crippen LogP) is -1.55. The summed E-state index contributed by atoms with van der Waals surface area (Å²) < 4.78 is 0. The van der Waals surface area contributed by atoms with Crippen LogP contribution in [0.1, 0.15) is 63.5 Å². The van der Waals surface area contributed by atoms with Crippen LogP contribution in [0, 0.1) is 0 Å². The van der Waals surface area contributed by atoms with Crippen LogP contribution in [0.15, 0.2) is 36.4 Å². The van der Waals surface area contributed by atoms with Crippen LogP contribution < -0.4 is 55.3 Å². The van der Waals surface area contributed by atoms with Gasteiger partial charge in [-0.15, -0.1) is 0 Å². The van der Waals surface area contributed by atoms with E-state index < -0.39 is 53.8 Å². The molecule has 3 rings (SSSR count). The third kappa shape index (κ3) is 14.2. The molecule has 0 aromatic heterocycles. The molecule has 0 saturated heterocycles. The van der Waals surface area contributed by atoms with Crippen molar-refractivity contribution in [3.8, 4) is 22.6 Å². The molecule has 5 amide bonds. The lowest BCUT2D eigenvalue weighted by atomic mass is 9.95. The number of benzene rings is 2. The zero-order valence-electron chi connectivity index (χ0n) is 30.1. The molecule has 0 fully saturated rings. The van der Waals surface area contributed by atoms with Crippen molar-refractivity contribution < 1.29 is 34.2 Å². The summed E-state index contributed by atoms with van der Waals surface area (Å²) in [6, 6.07) is 4.65. The van der Waals surface area contributed by atoms with Gasteiger partial charge in [0.1, 0.15) is 29.6 Å². The highest BCUT2D eigenvalue weighted by atomic mass is 16.3. The van der Waals surface area contributed by atoms with Gasteiger partial charge in [0.15, 0.2) is 0 Å². The number of carbonyl (C=O) groups excluding carboxylic acids is 5. The summed E-state index contributed by atoms with van der Waals surface area (Å²) in [6.07, 6.45) is 1.96. The Morgan fingerprint density at radius 1 is 0.796 bits per heavy atom. The fraction of sp³-hybridized carbons (Fsp3) is 0.541. The first-order valence-electron chi connectivity index (χ1n) is 18.1. The van der Waals surface area contributed by atoms with Crippen molar-refractivity contribution in [2.75, 3.05) is 32.7 Å². The molecule has 1 aliphatic rings. The monoisotopic (exact) mass is 756 g/mol. The number of hydrogen-bond donors (Lipinski definition) is 12. The average molecular weight is 757 g/mol. The van der Waals surface area contributed by atoms with Crippen molar-refractivity contribution >= 4 is 29.5 Å².